The Bertz CT molecular complexity index is 1200. The van der Waals surface area contributed by atoms with E-state index in [4.69, 9.17) is 0 Å². The van der Waals surface area contributed by atoms with Gasteiger partial charge in [-0.25, -0.2) is 8.91 Å². The minimum atomic E-state index is -0.296. The highest BCUT2D eigenvalue weighted by Gasteiger charge is 2.19. The van der Waals surface area contributed by atoms with Gasteiger partial charge in [0, 0.05) is 17.8 Å². The van der Waals surface area contributed by atoms with Crippen molar-refractivity contribution in [3.05, 3.63) is 58.9 Å². The topological polar surface area (TPSA) is 65.1 Å². The molecule has 3 aromatic heterocycles. The van der Waals surface area contributed by atoms with Gasteiger partial charge >= 0.3 is 0 Å². The molecule has 0 spiro atoms. The van der Waals surface area contributed by atoms with Crippen molar-refractivity contribution in [2.24, 2.45) is 0 Å². The summed E-state index contributed by atoms with van der Waals surface area (Å²) in [6, 6.07) is 8.29. The zero-order valence-corrected chi connectivity index (χ0v) is 15.4. The van der Waals surface area contributed by atoms with E-state index < -0.39 is 0 Å². The van der Waals surface area contributed by atoms with Crippen molar-refractivity contribution in [2.45, 2.75) is 44.6 Å². The molecule has 0 amide bonds. The maximum atomic E-state index is 13.2. The van der Waals surface area contributed by atoms with Gasteiger partial charge in [-0.3, -0.25) is 4.79 Å². The molecule has 1 aromatic carbocycles. The summed E-state index contributed by atoms with van der Waals surface area (Å²) in [5.41, 5.74) is 2.95. The van der Waals surface area contributed by atoms with E-state index in [1.54, 1.807) is 22.8 Å². The minimum Gasteiger partial charge on any atom is -0.310 e. The monoisotopic (exact) mass is 377 g/mol. The van der Waals surface area contributed by atoms with E-state index in [1.807, 2.05) is 16.8 Å². The molecule has 1 aliphatic rings. The van der Waals surface area contributed by atoms with Crippen molar-refractivity contribution >= 4 is 16.7 Å². The average molecular weight is 377 g/mol. The molecule has 0 unspecified atom stereocenters. The zero-order chi connectivity index (χ0) is 19.1. The number of aromatic nitrogens is 5. The van der Waals surface area contributed by atoms with E-state index in [1.165, 1.54) is 25.0 Å². The summed E-state index contributed by atoms with van der Waals surface area (Å²) in [6.07, 6.45) is 10.4. The smallest absolute Gasteiger partial charge is 0.280 e. The van der Waals surface area contributed by atoms with Gasteiger partial charge in [0.15, 0.2) is 11.2 Å². The number of fused-ring (bicyclic) bond motifs is 3. The molecule has 0 radical (unpaired) electrons. The second kappa shape index (κ2) is 6.82. The first-order valence-electron chi connectivity index (χ1n) is 9.73. The van der Waals surface area contributed by atoms with Crippen molar-refractivity contribution in [1.29, 1.82) is 0 Å². The Morgan fingerprint density at radius 3 is 2.46 bits per heavy atom. The molecular formula is C21H20FN5O. The Labute approximate surface area is 160 Å². The van der Waals surface area contributed by atoms with Crippen LogP contribution in [0, 0.1) is 5.82 Å². The summed E-state index contributed by atoms with van der Waals surface area (Å²) in [5.74, 6) is -0.296. The van der Waals surface area contributed by atoms with E-state index in [0.29, 0.717) is 16.7 Å². The summed E-state index contributed by atoms with van der Waals surface area (Å²) in [4.78, 5) is 13.1. The van der Waals surface area contributed by atoms with Gasteiger partial charge < -0.3 is 4.57 Å². The first kappa shape index (κ1) is 17.0. The Balaban J connectivity index is 1.64. The molecule has 0 N–H and O–H groups in total. The standard InChI is InChI=1S/C21H20FN5O/c22-15-9-7-14(8-10-15)17-13-23-27-18-11-12-26(16-5-3-1-2-4-6-16)21(28)19(18)24-25-20(17)27/h7-13,16H,1-6H2. The fraction of sp³-hybridized carbons (Fsp3) is 0.333. The number of pyridine rings is 1. The fourth-order valence-electron chi connectivity index (χ4n) is 4.16. The largest absolute Gasteiger partial charge is 0.310 e. The molecule has 28 heavy (non-hydrogen) atoms. The van der Waals surface area contributed by atoms with Gasteiger partial charge in [-0.15, -0.1) is 10.2 Å². The van der Waals surface area contributed by atoms with Crippen molar-refractivity contribution in [2.75, 3.05) is 0 Å². The summed E-state index contributed by atoms with van der Waals surface area (Å²) >= 11 is 0. The van der Waals surface area contributed by atoms with E-state index in [9.17, 15) is 9.18 Å². The number of hydrogen-bond acceptors (Lipinski definition) is 4. The molecule has 1 fully saturated rings. The molecule has 7 heteroatoms. The SMILES string of the molecule is O=c1c2nnc3c(-c4ccc(F)cc4)cnn3c2ccn1C1CCCCCC1. The maximum Gasteiger partial charge on any atom is 0.280 e. The number of rotatable bonds is 2. The molecule has 0 aliphatic heterocycles. The highest BCUT2D eigenvalue weighted by molar-refractivity contribution is 5.82. The van der Waals surface area contributed by atoms with Crippen LogP contribution in [0.25, 0.3) is 27.8 Å². The van der Waals surface area contributed by atoms with Crippen molar-refractivity contribution in [3.63, 3.8) is 0 Å². The molecule has 6 nitrogen and oxygen atoms in total. The third-order valence-corrected chi connectivity index (χ3v) is 5.66. The van der Waals surface area contributed by atoms with Crippen LogP contribution in [0.3, 0.4) is 0 Å². The molecule has 1 saturated carbocycles. The molecule has 0 saturated heterocycles. The van der Waals surface area contributed by atoms with Crippen LogP contribution >= 0.6 is 0 Å². The van der Waals surface area contributed by atoms with Gasteiger partial charge in [-0.05, 0) is 36.6 Å². The lowest BCUT2D eigenvalue weighted by atomic mass is 10.1. The second-order valence-electron chi connectivity index (χ2n) is 7.41. The Kier molecular flexibility index (Phi) is 4.15. The van der Waals surface area contributed by atoms with Gasteiger partial charge in [0.2, 0.25) is 0 Å². The van der Waals surface area contributed by atoms with E-state index in [-0.39, 0.29) is 17.4 Å². The third-order valence-electron chi connectivity index (χ3n) is 5.66. The molecule has 1 aliphatic carbocycles. The molecular weight excluding hydrogens is 357 g/mol. The second-order valence-corrected chi connectivity index (χ2v) is 7.41. The predicted molar refractivity (Wildman–Crippen MR) is 105 cm³/mol. The fourth-order valence-corrected chi connectivity index (χ4v) is 4.16. The molecule has 0 bridgehead atoms. The van der Waals surface area contributed by atoms with Gasteiger partial charge in [0.1, 0.15) is 11.3 Å². The summed E-state index contributed by atoms with van der Waals surface area (Å²) in [7, 11) is 0. The highest BCUT2D eigenvalue weighted by Crippen LogP contribution is 2.27. The van der Waals surface area contributed by atoms with Crippen LogP contribution in [-0.4, -0.2) is 24.4 Å². The Hall–Kier alpha value is -3.09. The van der Waals surface area contributed by atoms with Gasteiger partial charge in [0.05, 0.1) is 6.20 Å². The summed E-state index contributed by atoms with van der Waals surface area (Å²) in [5, 5.41) is 12.9. The van der Waals surface area contributed by atoms with Crippen LogP contribution in [0.1, 0.15) is 44.6 Å². The van der Waals surface area contributed by atoms with Crippen LogP contribution in [0.15, 0.2) is 47.5 Å². The van der Waals surface area contributed by atoms with Crippen LogP contribution in [0.4, 0.5) is 4.39 Å². The number of nitrogens with zero attached hydrogens (tertiary/aromatic N) is 5. The van der Waals surface area contributed by atoms with E-state index >= 15 is 0 Å². The Morgan fingerprint density at radius 1 is 0.964 bits per heavy atom. The first-order valence-corrected chi connectivity index (χ1v) is 9.73. The van der Waals surface area contributed by atoms with Crippen LogP contribution in [0.5, 0.6) is 0 Å². The van der Waals surface area contributed by atoms with Crippen molar-refractivity contribution in [3.8, 4) is 11.1 Å². The lowest BCUT2D eigenvalue weighted by molar-refractivity contribution is 0.433. The number of benzene rings is 1. The van der Waals surface area contributed by atoms with Crippen LogP contribution in [0.2, 0.25) is 0 Å². The molecule has 3 heterocycles. The summed E-state index contributed by atoms with van der Waals surface area (Å²) < 4.78 is 16.7. The van der Waals surface area contributed by atoms with Crippen molar-refractivity contribution < 1.29 is 4.39 Å². The number of hydrogen-bond donors (Lipinski definition) is 0. The van der Waals surface area contributed by atoms with E-state index in [0.717, 1.165) is 36.8 Å². The predicted octanol–water partition coefficient (Wildman–Crippen LogP) is 4.14. The summed E-state index contributed by atoms with van der Waals surface area (Å²) in [6.45, 7) is 0. The third kappa shape index (κ3) is 2.78. The lowest BCUT2D eigenvalue weighted by Crippen LogP contribution is -2.25. The van der Waals surface area contributed by atoms with Crippen molar-refractivity contribution in [1.82, 2.24) is 24.4 Å². The van der Waals surface area contributed by atoms with Gasteiger partial charge in [-0.2, -0.15) is 5.10 Å². The minimum absolute atomic E-state index is 0.113. The van der Waals surface area contributed by atoms with Gasteiger partial charge in [-0.1, -0.05) is 37.8 Å². The zero-order valence-electron chi connectivity index (χ0n) is 15.4. The first-order chi connectivity index (χ1) is 13.7. The maximum absolute atomic E-state index is 13.2. The quantitative estimate of drug-likeness (QED) is 0.493. The molecule has 5 rings (SSSR count). The van der Waals surface area contributed by atoms with Crippen LogP contribution < -0.4 is 5.56 Å². The van der Waals surface area contributed by atoms with Crippen LogP contribution in [-0.2, 0) is 0 Å². The average Bonchev–Trinajstić information content (AvgIpc) is 2.96. The molecule has 0 atom stereocenters. The highest BCUT2D eigenvalue weighted by atomic mass is 19.1. The molecule has 142 valence electrons. The lowest BCUT2D eigenvalue weighted by Gasteiger charge is -2.17. The Morgan fingerprint density at radius 2 is 1.71 bits per heavy atom. The number of halogens is 1. The van der Waals surface area contributed by atoms with E-state index in [2.05, 4.69) is 15.3 Å². The molecule has 4 aromatic rings. The normalized spacial score (nSPS) is 15.9. The van der Waals surface area contributed by atoms with Gasteiger partial charge in [0.25, 0.3) is 5.56 Å².